The van der Waals surface area contributed by atoms with Crippen molar-refractivity contribution >= 4 is 47.1 Å². The molecule has 2 aliphatic rings. The van der Waals surface area contributed by atoms with Crippen molar-refractivity contribution in [2.45, 2.75) is 145 Å². The summed E-state index contributed by atoms with van der Waals surface area (Å²) in [5.41, 5.74) is 18.0. The fourth-order valence-corrected chi connectivity index (χ4v) is 7.92. The van der Waals surface area contributed by atoms with Crippen molar-refractivity contribution in [1.82, 2.24) is 9.67 Å². The number of ether oxygens (including phenoxy) is 2. The zero-order valence-corrected chi connectivity index (χ0v) is 41.3. The van der Waals surface area contributed by atoms with Gasteiger partial charge in [0.1, 0.15) is 12.1 Å². The summed E-state index contributed by atoms with van der Waals surface area (Å²) < 4.78 is 11.3. The molecule has 0 heterocycles. The van der Waals surface area contributed by atoms with Crippen molar-refractivity contribution in [1.29, 1.82) is 0 Å². The molecule has 0 fully saturated rings. The number of allylic oxidation sites excluding steroid dienone is 20. The number of esters is 2. The Balaban J connectivity index is 1.97. The average Bonchev–Trinajstić information content (AvgIpc) is 3.22. The molecule has 0 amide bonds. The lowest BCUT2D eigenvalue weighted by molar-refractivity contribution is -0.158. The van der Waals surface area contributed by atoms with Crippen LogP contribution in [0.1, 0.15) is 121 Å². The van der Waals surface area contributed by atoms with Crippen LogP contribution < -0.4 is 21.1 Å². The SMILES string of the molecule is CC1=C(/C=C/C(C)=C/C=C/C(C)=C/C=C/C=C(C)/C=C/C=C(C)/C=C/C2=C(C)C(=O)C(OC(=O)C(CCCCNCl)NCl)CC2(C)C)C(C)(C)CC(OC(=O)C(N)CCCCN)C1=O. The summed E-state index contributed by atoms with van der Waals surface area (Å²) in [6, 6.07) is -1.47. The molecule has 4 atom stereocenters. The van der Waals surface area contributed by atoms with Crippen LogP contribution >= 0.6 is 23.6 Å². The van der Waals surface area contributed by atoms with Crippen LogP contribution in [0.15, 0.2) is 130 Å². The van der Waals surface area contributed by atoms with Gasteiger partial charge in [-0.3, -0.25) is 19.2 Å². The molecule has 0 radical (unpaired) electrons. The first-order valence-corrected chi connectivity index (χ1v) is 23.1. The number of hydrogen-bond acceptors (Lipinski definition) is 10. The molecule has 352 valence electrons. The van der Waals surface area contributed by atoms with Crippen LogP contribution in [-0.2, 0) is 28.7 Å². The Hall–Kier alpha value is -4.16. The molecule has 2 rings (SSSR count). The van der Waals surface area contributed by atoms with Gasteiger partial charge < -0.3 is 20.9 Å². The first kappa shape index (κ1) is 56.0. The van der Waals surface area contributed by atoms with Crippen LogP contribution in [0.2, 0.25) is 0 Å². The smallest absolute Gasteiger partial charge is 0.325 e. The van der Waals surface area contributed by atoms with Gasteiger partial charge in [0.15, 0.2) is 23.8 Å². The highest BCUT2D eigenvalue weighted by molar-refractivity contribution is 6.15. The molecule has 0 saturated carbocycles. The Labute approximate surface area is 393 Å². The van der Waals surface area contributed by atoms with Gasteiger partial charge in [-0.25, -0.2) is 9.67 Å². The Morgan fingerprint density at radius 2 is 1.09 bits per heavy atom. The lowest BCUT2D eigenvalue weighted by Gasteiger charge is -2.36. The second-order valence-electron chi connectivity index (χ2n) is 18.2. The number of carbonyl (C=O) groups is 4. The molecule has 0 aromatic heterocycles. The standard InChI is InChI=1S/C52H74Cl2N4O6/c1-35(21-17-23-37(3)27-29-41-39(5)47(59)45(33-51(41,7)8)63-49(61)43(56)25-13-15-31-55)19-11-12-20-36(2)22-18-24-38(4)28-30-42-40(6)48(60)46(34-52(42,9)10)64-50(62)44(58-54)26-14-16-32-57-53/h11-12,17-24,27-30,43-46,57-58H,13-16,25-26,31-34,55-56H2,1-10H3/b12-11+,21-17+,22-18+,29-27+,30-28+,35-19+,36-20+,37-23+,38-24+. The van der Waals surface area contributed by atoms with Gasteiger partial charge in [0.2, 0.25) is 0 Å². The number of halogens is 2. The van der Waals surface area contributed by atoms with Crippen LogP contribution in [-0.4, -0.2) is 60.9 Å². The maximum Gasteiger partial charge on any atom is 0.325 e. The van der Waals surface area contributed by atoms with E-state index in [0.717, 1.165) is 52.7 Å². The molecule has 0 aliphatic heterocycles. The number of ketones is 2. The number of carbonyl (C=O) groups excluding carboxylic acids is 4. The van der Waals surface area contributed by atoms with E-state index in [4.69, 9.17) is 44.5 Å². The minimum absolute atomic E-state index is 0.181. The van der Waals surface area contributed by atoms with Gasteiger partial charge in [-0.05, 0) is 137 Å². The van der Waals surface area contributed by atoms with Crippen LogP contribution in [0.5, 0.6) is 0 Å². The molecule has 0 saturated heterocycles. The Morgan fingerprint density at radius 3 is 1.53 bits per heavy atom. The second kappa shape index (κ2) is 28.0. The van der Waals surface area contributed by atoms with Crippen molar-refractivity contribution in [3.05, 3.63) is 130 Å². The average molecular weight is 922 g/mol. The first-order chi connectivity index (χ1) is 30.2. The number of nitrogens with one attached hydrogen (secondary N) is 2. The molecule has 0 spiro atoms. The third-order valence-electron chi connectivity index (χ3n) is 11.5. The van der Waals surface area contributed by atoms with Crippen LogP contribution in [0.4, 0.5) is 0 Å². The molecular weight excluding hydrogens is 847 g/mol. The highest BCUT2D eigenvalue weighted by atomic mass is 35.5. The van der Waals surface area contributed by atoms with Gasteiger partial charge in [-0.2, -0.15) is 0 Å². The largest absolute Gasteiger partial charge is 0.453 e. The first-order valence-electron chi connectivity index (χ1n) is 22.3. The number of nitrogens with two attached hydrogens (primary N) is 2. The van der Waals surface area contributed by atoms with E-state index in [-0.39, 0.29) is 17.0 Å². The number of unbranched alkanes of at least 4 members (excludes halogenated alkanes) is 2. The van der Waals surface area contributed by atoms with Crippen molar-refractivity contribution in [2.24, 2.45) is 22.3 Å². The predicted molar refractivity (Wildman–Crippen MR) is 264 cm³/mol. The Bertz CT molecular complexity index is 1990. The zero-order valence-electron chi connectivity index (χ0n) is 39.8. The lowest BCUT2D eigenvalue weighted by Crippen LogP contribution is -2.42. The molecular formula is C52H74Cl2N4O6. The van der Waals surface area contributed by atoms with E-state index in [9.17, 15) is 19.2 Å². The zero-order chi connectivity index (χ0) is 48.0. The summed E-state index contributed by atoms with van der Waals surface area (Å²) in [6.07, 6.45) is 31.2. The van der Waals surface area contributed by atoms with E-state index in [1.165, 1.54) is 0 Å². The van der Waals surface area contributed by atoms with Crippen LogP contribution in [0, 0.1) is 10.8 Å². The molecule has 2 aliphatic carbocycles. The lowest BCUT2D eigenvalue weighted by atomic mass is 9.71. The monoisotopic (exact) mass is 920 g/mol. The fraction of sp³-hybridized carbons (Fsp3) is 0.500. The summed E-state index contributed by atoms with van der Waals surface area (Å²) in [7, 11) is 0. The minimum Gasteiger partial charge on any atom is -0.453 e. The van der Waals surface area contributed by atoms with Gasteiger partial charge in [0.25, 0.3) is 0 Å². The van der Waals surface area contributed by atoms with Crippen molar-refractivity contribution in [3.63, 3.8) is 0 Å². The molecule has 0 aromatic rings. The maximum absolute atomic E-state index is 13.3. The molecule has 10 nitrogen and oxygen atoms in total. The maximum atomic E-state index is 13.3. The van der Waals surface area contributed by atoms with Gasteiger partial charge in [-0.15, -0.1) is 0 Å². The van der Waals surface area contributed by atoms with Gasteiger partial charge >= 0.3 is 11.9 Å². The quantitative estimate of drug-likeness (QED) is 0.0317. The normalized spacial score (nSPS) is 21.4. The van der Waals surface area contributed by atoms with Crippen LogP contribution in [0.25, 0.3) is 0 Å². The molecule has 0 bridgehead atoms. The van der Waals surface area contributed by atoms with Crippen molar-refractivity contribution in [3.8, 4) is 0 Å². The fourth-order valence-electron chi connectivity index (χ4n) is 7.59. The van der Waals surface area contributed by atoms with Gasteiger partial charge in [0, 0.05) is 19.4 Å². The summed E-state index contributed by atoms with van der Waals surface area (Å²) in [6.45, 7) is 21.1. The van der Waals surface area contributed by atoms with Crippen LogP contribution in [0.3, 0.4) is 0 Å². The highest BCUT2D eigenvalue weighted by Crippen LogP contribution is 2.42. The summed E-state index contributed by atoms with van der Waals surface area (Å²) in [4.78, 5) is 57.0. The van der Waals surface area contributed by atoms with Crippen molar-refractivity contribution in [2.75, 3.05) is 13.1 Å². The topological polar surface area (TPSA) is 163 Å². The molecule has 0 aromatic carbocycles. The summed E-state index contributed by atoms with van der Waals surface area (Å²) in [5.74, 6) is -1.45. The molecule has 64 heavy (non-hydrogen) atoms. The van der Waals surface area contributed by atoms with Crippen molar-refractivity contribution < 1.29 is 28.7 Å². The molecule has 12 heteroatoms. The summed E-state index contributed by atoms with van der Waals surface area (Å²) >= 11 is 11.3. The third-order valence-corrected chi connectivity index (χ3v) is 11.9. The van der Waals surface area contributed by atoms with E-state index in [0.29, 0.717) is 56.3 Å². The summed E-state index contributed by atoms with van der Waals surface area (Å²) in [5, 5.41) is 0. The van der Waals surface area contributed by atoms with E-state index in [2.05, 4.69) is 37.4 Å². The molecule has 6 N–H and O–H groups in total. The van der Waals surface area contributed by atoms with E-state index >= 15 is 0 Å². The van der Waals surface area contributed by atoms with E-state index in [1.54, 1.807) is 13.8 Å². The highest BCUT2D eigenvalue weighted by Gasteiger charge is 2.42. The van der Waals surface area contributed by atoms with E-state index in [1.807, 2.05) is 113 Å². The minimum atomic E-state index is -0.866. The number of hydrogen-bond donors (Lipinski definition) is 4. The molecule has 4 unspecified atom stereocenters. The Kier molecular flexibility index (Phi) is 24.5. The Morgan fingerprint density at radius 1 is 0.672 bits per heavy atom. The number of Topliss-reactive ketones (excluding diaryl/α,β-unsaturated/α-hetero) is 2. The predicted octanol–water partition coefficient (Wildman–Crippen LogP) is 10.5. The van der Waals surface area contributed by atoms with E-state index < -0.39 is 41.6 Å². The third kappa shape index (κ3) is 18.7. The van der Waals surface area contributed by atoms with Gasteiger partial charge in [0.05, 0.1) is 0 Å². The number of rotatable bonds is 24. The van der Waals surface area contributed by atoms with Gasteiger partial charge in [-0.1, -0.05) is 141 Å². The second-order valence-corrected chi connectivity index (χ2v) is 18.7.